The van der Waals surface area contributed by atoms with Crippen molar-refractivity contribution in [3.63, 3.8) is 0 Å². The number of nitrogens with one attached hydrogen (secondary N) is 1. The summed E-state index contributed by atoms with van der Waals surface area (Å²) in [6, 6.07) is 13.2. The fraction of sp³-hybridized carbons (Fsp3) is 0.167. The van der Waals surface area contributed by atoms with E-state index in [2.05, 4.69) is 31.3 Å². The maximum absolute atomic E-state index is 12.3. The lowest BCUT2D eigenvalue weighted by atomic mass is 10.3. The smallest absolute Gasteiger partial charge is 0.265 e. The third-order valence-corrected chi connectivity index (χ3v) is 4.13. The second-order valence-electron chi connectivity index (χ2n) is 5.45. The van der Waals surface area contributed by atoms with Crippen molar-refractivity contribution in [3.05, 3.63) is 65.0 Å². The van der Waals surface area contributed by atoms with Crippen molar-refractivity contribution in [2.24, 2.45) is 0 Å². The number of rotatable bonds is 5. The van der Waals surface area contributed by atoms with Crippen molar-refractivity contribution in [2.75, 3.05) is 5.32 Å². The van der Waals surface area contributed by atoms with Gasteiger partial charge in [0.1, 0.15) is 0 Å². The molecule has 1 aromatic carbocycles. The molecule has 0 radical (unpaired) electrons. The van der Waals surface area contributed by atoms with Gasteiger partial charge in [0.25, 0.3) is 5.91 Å². The highest BCUT2D eigenvalue weighted by Gasteiger charge is 2.19. The van der Waals surface area contributed by atoms with Gasteiger partial charge in [0.05, 0.1) is 21.5 Å². The number of pyridine rings is 1. The second kappa shape index (κ2) is 7.48. The van der Waals surface area contributed by atoms with E-state index in [9.17, 15) is 4.79 Å². The Labute approximate surface area is 154 Å². The number of carbonyl (C=O) groups is 1. The summed E-state index contributed by atoms with van der Waals surface area (Å²) < 4.78 is 8.07. The Morgan fingerprint density at radius 2 is 2.00 bits per heavy atom. The highest BCUT2D eigenvalue weighted by atomic mass is 79.9. The number of anilines is 1. The van der Waals surface area contributed by atoms with Crippen molar-refractivity contribution >= 4 is 27.5 Å². The molecule has 0 saturated carbocycles. The van der Waals surface area contributed by atoms with Gasteiger partial charge in [0.15, 0.2) is 6.10 Å². The second-order valence-corrected chi connectivity index (χ2v) is 6.30. The summed E-state index contributed by atoms with van der Waals surface area (Å²) in [7, 11) is 0. The lowest BCUT2D eigenvalue weighted by Gasteiger charge is -2.14. The van der Waals surface area contributed by atoms with Crippen LogP contribution in [0, 0.1) is 6.92 Å². The molecular formula is C18H17BrN4O2. The number of hydrogen-bond acceptors (Lipinski definition) is 4. The summed E-state index contributed by atoms with van der Waals surface area (Å²) in [4.78, 5) is 16.5. The zero-order chi connectivity index (χ0) is 17.8. The number of nitrogens with zero attached hydrogens (tertiary/aromatic N) is 3. The van der Waals surface area contributed by atoms with Crippen molar-refractivity contribution < 1.29 is 9.53 Å². The molecule has 0 spiro atoms. The lowest BCUT2D eigenvalue weighted by molar-refractivity contribution is -0.122. The molecule has 0 aliphatic carbocycles. The van der Waals surface area contributed by atoms with Gasteiger partial charge >= 0.3 is 0 Å². The highest BCUT2D eigenvalue weighted by molar-refractivity contribution is 9.10. The van der Waals surface area contributed by atoms with E-state index in [4.69, 9.17) is 4.74 Å². The Morgan fingerprint density at radius 1 is 1.24 bits per heavy atom. The molecule has 25 heavy (non-hydrogen) atoms. The van der Waals surface area contributed by atoms with Crippen LogP contribution in [0.25, 0.3) is 5.69 Å². The summed E-state index contributed by atoms with van der Waals surface area (Å²) in [6.07, 6.45) is 2.76. The van der Waals surface area contributed by atoms with Gasteiger partial charge < -0.3 is 10.1 Å². The molecule has 6 nitrogen and oxygen atoms in total. The first-order valence-corrected chi connectivity index (χ1v) is 8.53. The van der Waals surface area contributed by atoms with E-state index < -0.39 is 6.10 Å². The molecule has 0 saturated heterocycles. The van der Waals surface area contributed by atoms with Crippen LogP contribution in [0.2, 0.25) is 0 Å². The topological polar surface area (TPSA) is 69.0 Å². The number of ether oxygens (including phenoxy) is 1. The van der Waals surface area contributed by atoms with Crippen molar-refractivity contribution in [1.82, 2.24) is 14.8 Å². The average Bonchev–Trinajstić information content (AvgIpc) is 2.98. The standard InChI is InChI=1S/C18H17BrN4O2/c1-12-16(9-6-10-20-12)21-17(24)13(2)25-18-15(19)11-23(22-18)14-7-4-3-5-8-14/h3-11,13H,1-2H3,(H,21,24). The molecule has 1 unspecified atom stereocenters. The third kappa shape index (κ3) is 4.06. The van der Waals surface area contributed by atoms with E-state index in [1.807, 2.05) is 37.3 Å². The number of carbonyl (C=O) groups excluding carboxylic acids is 1. The molecule has 2 aromatic heterocycles. The van der Waals surface area contributed by atoms with Crippen LogP contribution >= 0.6 is 15.9 Å². The van der Waals surface area contributed by atoms with Gasteiger partial charge in [-0.25, -0.2) is 4.68 Å². The molecule has 0 bridgehead atoms. The largest absolute Gasteiger partial charge is 0.463 e. The van der Waals surface area contributed by atoms with Gasteiger partial charge in [-0.1, -0.05) is 18.2 Å². The molecule has 3 aromatic rings. The molecule has 1 amide bonds. The van der Waals surface area contributed by atoms with Crippen LogP contribution in [0.5, 0.6) is 5.88 Å². The summed E-state index contributed by atoms with van der Waals surface area (Å²) in [6.45, 7) is 3.51. The van der Waals surface area contributed by atoms with Crippen molar-refractivity contribution in [2.45, 2.75) is 20.0 Å². The molecule has 1 atom stereocenters. The number of hydrogen-bond donors (Lipinski definition) is 1. The highest BCUT2D eigenvalue weighted by Crippen LogP contribution is 2.25. The third-order valence-electron chi connectivity index (χ3n) is 3.58. The molecule has 0 fully saturated rings. The molecule has 0 aliphatic rings. The van der Waals surface area contributed by atoms with Gasteiger partial charge in [0.2, 0.25) is 5.88 Å². The Bertz CT molecular complexity index is 880. The van der Waals surface area contributed by atoms with Crippen LogP contribution in [0.4, 0.5) is 5.69 Å². The van der Waals surface area contributed by atoms with Gasteiger partial charge in [-0.15, -0.1) is 5.10 Å². The molecule has 0 aliphatic heterocycles. The van der Waals surface area contributed by atoms with Gasteiger partial charge in [-0.05, 0) is 54.0 Å². The van der Waals surface area contributed by atoms with Crippen molar-refractivity contribution in [1.29, 1.82) is 0 Å². The monoisotopic (exact) mass is 400 g/mol. The number of para-hydroxylation sites is 1. The number of amides is 1. The van der Waals surface area contributed by atoms with E-state index >= 15 is 0 Å². The van der Waals surface area contributed by atoms with E-state index in [0.717, 1.165) is 11.4 Å². The van der Waals surface area contributed by atoms with Crippen LogP contribution in [-0.2, 0) is 4.79 Å². The Kier molecular flexibility index (Phi) is 5.14. The first-order valence-electron chi connectivity index (χ1n) is 7.74. The first kappa shape index (κ1) is 17.2. The predicted molar refractivity (Wildman–Crippen MR) is 99.0 cm³/mol. The number of halogens is 1. The van der Waals surface area contributed by atoms with Crippen LogP contribution in [0.15, 0.2) is 59.3 Å². The average molecular weight is 401 g/mol. The van der Waals surface area contributed by atoms with Crippen molar-refractivity contribution in [3.8, 4) is 11.6 Å². The summed E-state index contributed by atoms with van der Waals surface area (Å²) >= 11 is 3.42. The van der Waals surface area contributed by atoms with E-state index in [-0.39, 0.29) is 5.91 Å². The number of aryl methyl sites for hydroxylation is 1. The number of benzene rings is 1. The Balaban J connectivity index is 1.71. The molecular weight excluding hydrogens is 384 g/mol. The van der Waals surface area contributed by atoms with Crippen LogP contribution in [0.3, 0.4) is 0 Å². The van der Waals surface area contributed by atoms with E-state index in [0.29, 0.717) is 16.0 Å². The molecule has 3 rings (SSSR count). The molecule has 128 valence electrons. The molecule has 1 N–H and O–H groups in total. The SMILES string of the molecule is Cc1ncccc1NC(=O)C(C)Oc1nn(-c2ccccc2)cc1Br. The summed E-state index contributed by atoms with van der Waals surface area (Å²) in [5.41, 5.74) is 2.32. The maximum Gasteiger partial charge on any atom is 0.265 e. The lowest BCUT2D eigenvalue weighted by Crippen LogP contribution is -2.30. The minimum atomic E-state index is -0.713. The summed E-state index contributed by atoms with van der Waals surface area (Å²) in [5.74, 6) is 0.0895. The van der Waals surface area contributed by atoms with Crippen LogP contribution in [-0.4, -0.2) is 26.8 Å². The Morgan fingerprint density at radius 3 is 2.72 bits per heavy atom. The fourth-order valence-electron chi connectivity index (χ4n) is 2.20. The van der Waals surface area contributed by atoms with Gasteiger partial charge in [0, 0.05) is 12.4 Å². The minimum Gasteiger partial charge on any atom is -0.463 e. The zero-order valence-electron chi connectivity index (χ0n) is 13.8. The normalized spacial score (nSPS) is 11.8. The van der Waals surface area contributed by atoms with Gasteiger partial charge in [-0.2, -0.15) is 0 Å². The van der Waals surface area contributed by atoms with E-state index in [1.165, 1.54) is 0 Å². The van der Waals surface area contributed by atoms with Gasteiger partial charge in [-0.3, -0.25) is 9.78 Å². The zero-order valence-corrected chi connectivity index (χ0v) is 15.4. The first-order chi connectivity index (χ1) is 12.0. The molecule has 7 heteroatoms. The minimum absolute atomic E-state index is 0.266. The number of aromatic nitrogens is 3. The maximum atomic E-state index is 12.3. The Hall–Kier alpha value is -2.67. The van der Waals surface area contributed by atoms with Crippen LogP contribution in [0.1, 0.15) is 12.6 Å². The fourth-order valence-corrected chi connectivity index (χ4v) is 2.57. The van der Waals surface area contributed by atoms with E-state index in [1.54, 1.807) is 36.1 Å². The summed E-state index contributed by atoms with van der Waals surface area (Å²) in [5, 5.41) is 7.19. The predicted octanol–water partition coefficient (Wildman–Crippen LogP) is 3.74. The van der Waals surface area contributed by atoms with Crippen LogP contribution < -0.4 is 10.1 Å². The quantitative estimate of drug-likeness (QED) is 0.707. The molecule has 2 heterocycles.